The molecule has 0 fully saturated rings. The molecule has 0 aliphatic rings. The minimum atomic E-state index is -0.432. The maximum absolute atomic E-state index is 9.54. The Bertz CT molecular complexity index is 350. The Morgan fingerprint density at radius 2 is 1.79 bits per heavy atom. The summed E-state index contributed by atoms with van der Waals surface area (Å²) < 4.78 is 2.22. The predicted molar refractivity (Wildman–Crippen MR) is 66.6 cm³/mol. The van der Waals surface area contributed by atoms with Crippen molar-refractivity contribution in [1.82, 2.24) is 0 Å². The number of phenols is 1. The van der Waals surface area contributed by atoms with Crippen molar-refractivity contribution >= 4 is 47.8 Å². The predicted octanol–water partition coefficient (Wildman–Crippen LogP) is 3.60. The summed E-state index contributed by atoms with van der Waals surface area (Å²) in [6.45, 7) is 1.71. The Labute approximate surface area is 108 Å². The second-order valence-corrected chi connectivity index (χ2v) is 5.43. The van der Waals surface area contributed by atoms with Gasteiger partial charge in [-0.15, -0.1) is 0 Å². The van der Waals surface area contributed by atoms with Crippen LogP contribution in [0.15, 0.2) is 19.5 Å². The topological polar surface area (TPSA) is 40.5 Å². The van der Waals surface area contributed by atoms with Crippen LogP contribution in [-0.4, -0.2) is 16.3 Å². The molecule has 0 saturated carbocycles. The smallest absolute Gasteiger partial charge is 0.131 e. The van der Waals surface area contributed by atoms with E-state index in [9.17, 15) is 10.2 Å². The Hall–Kier alpha value is 0.420. The molecule has 2 N–H and O–H groups in total. The van der Waals surface area contributed by atoms with Crippen molar-refractivity contribution in [2.75, 3.05) is 0 Å². The van der Waals surface area contributed by atoms with Crippen molar-refractivity contribution < 1.29 is 10.2 Å². The minimum absolute atomic E-state index is 0.163. The SMILES string of the molecule is CC(O)Cc1cc(O)c(Br)c(Br)c1Br. The average molecular weight is 389 g/mol. The largest absolute Gasteiger partial charge is 0.507 e. The van der Waals surface area contributed by atoms with Crippen LogP contribution in [-0.2, 0) is 6.42 Å². The van der Waals surface area contributed by atoms with E-state index in [-0.39, 0.29) is 5.75 Å². The van der Waals surface area contributed by atoms with Gasteiger partial charge in [-0.2, -0.15) is 0 Å². The molecule has 78 valence electrons. The molecule has 0 heterocycles. The molecule has 0 radical (unpaired) electrons. The van der Waals surface area contributed by atoms with Gasteiger partial charge in [0.1, 0.15) is 5.75 Å². The van der Waals surface area contributed by atoms with Crippen LogP contribution >= 0.6 is 47.8 Å². The molecule has 14 heavy (non-hydrogen) atoms. The van der Waals surface area contributed by atoms with Crippen LogP contribution in [0.1, 0.15) is 12.5 Å². The lowest BCUT2D eigenvalue weighted by Crippen LogP contribution is -2.05. The highest BCUT2D eigenvalue weighted by Gasteiger charge is 2.13. The van der Waals surface area contributed by atoms with Gasteiger partial charge in [0.25, 0.3) is 0 Å². The molecule has 0 aliphatic carbocycles. The zero-order chi connectivity index (χ0) is 10.9. The monoisotopic (exact) mass is 386 g/mol. The fourth-order valence-electron chi connectivity index (χ4n) is 1.11. The van der Waals surface area contributed by atoms with Gasteiger partial charge in [0.2, 0.25) is 0 Å². The van der Waals surface area contributed by atoms with Gasteiger partial charge in [0.15, 0.2) is 0 Å². The lowest BCUT2D eigenvalue weighted by molar-refractivity contribution is 0.195. The molecule has 0 spiro atoms. The van der Waals surface area contributed by atoms with E-state index in [4.69, 9.17) is 0 Å². The second-order valence-electron chi connectivity index (χ2n) is 3.05. The van der Waals surface area contributed by atoms with E-state index in [0.717, 1.165) is 14.5 Å². The maximum atomic E-state index is 9.54. The first-order valence-electron chi connectivity index (χ1n) is 3.97. The van der Waals surface area contributed by atoms with Gasteiger partial charge in [-0.05, 0) is 72.8 Å². The second kappa shape index (κ2) is 4.96. The van der Waals surface area contributed by atoms with Crippen molar-refractivity contribution in [2.24, 2.45) is 0 Å². The average Bonchev–Trinajstić information content (AvgIpc) is 2.10. The number of aliphatic hydroxyl groups excluding tert-OH is 1. The van der Waals surface area contributed by atoms with Crippen LogP contribution < -0.4 is 0 Å². The number of hydrogen-bond acceptors (Lipinski definition) is 2. The summed E-state index contributed by atoms with van der Waals surface area (Å²) in [5.41, 5.74) is 0.868. The van der Waals surface area contributed by atoms with Crippen LogP contribution in [0.3, 0.4) is 0 Å². The number of benzene rings is 1. The van der Waals surface area contributed by atoms with Crippen LogP contribution in [0.5, 0.6) is 5.75 Å². The van der Waals surface area contributed by atoms with Crippen LogP contribution in [0, 0.1) is 0 Å². The number of aromatic hydroxyl groups is 1. The number of phenolic OH excluding ortho intramolecular Hbond substituents is 1. The van der Waals surface area contributed by atoms with Gasteiger partial charge in [-0.1, -0.05) is 0 Å². The molecule has 0 saturated heterocycles. The van der Waals surface area contributed by atoms with E-state index in [1.54, 1.807) is 13.0 Å². The fraction of sp³-hybridized carbons (Fsp3) is 0.333. The Morgan fingerprint density at radius 3 is 2.29 bits per heavy atom. The zero-order valence-corrected chi connectivity index (χ0v) is 12.1. The maximum Gasteiger partial charge on any atom is 0.131 e. The van der Waals surface area contributed by atoms with Gasteiger partial charge in [-0.25, -0.2) is 0 Å². The zero-order valence-electron chi connectivity index (χ0n) is 7.39. The van der Waals surface area contributed by atoms with E-state index in [2.05, 4.69) is 47.8 Å². The highest BCUT2D eigenvalue weighted by molar-refractivity contribution is 9.14. The first-order valence-corrected chi connectivity index (χ1v) is 6.34. The molecule has 1 aromatic carbocycles. The first kappa shape index (κ1) is 12.5. The van der Waals surface area contributed by atoms with Crippen molar-refractivity contribution in [2.45, 2.75) is 19.4 Å². The summed E-state index contributed by atoms with van der Waals surface area (Å²) in [4.78, 5) is 0. The van der Waals surface area contributed by atoms with E-state index >= 15 is 0 Å². The van der Waals surface area contributed by atoms with Gasteiger partial charge < -0.3 is 10.2 Å². The molecule has 1 rings (SSSR count). The van der Waals surface area contributed by atoms with E-state index in [0.29, 0.717) is 10.9 Å². The van der Waals surface area contributed by atoms with E-state index < -0.39 is 6.10 Å². The van der Waals surface area contributed by atoms with Crippen molar-refractivity contribution in [3.63, 3.8) is 0 Å². The highest BCUT2D eigenvalue weighted by Crippen LogP contribution is 2.40. The Kier molecular flexibility index (Phi) is 4.43. The van der Waals surface area contributed by atoms with E-state index in [1.165, 1.54) is 0 Å². The highest BCUT2D eigenvalue weighted by atomic mass is 79.9. The number of halogens is 3. The molecule has 0 bridgehead atoms. The summed E-state index contributed by atoms with van der Waals surface area (Å²) in [6.07, 6.45) is 0.0683. The quantitative estimate of drug-likeness (QED) is 0.760. The van der Waals surface area contributed by atoms with Gasteiger partial charge in [0.05, 0.1) is 10.6 Å². The molecule has 5 heteroatoms. The van der Waals surface area contributed by atoms with E-state index in [1.807, 2.05) is 0 Å². The summed E-state index contributed by atoms with van der Waals surface area (Å²) in [5.74, 6) is 0.163. The number of aliphatic hydroxyl groups is 1. The standard InChI is InChI=1S/C9H9Br3O2/c1-4(13)2-5-3-6(14)8(11)9(12)7(5)10/h3-4,13-14H,2H2,1H3. The molecule has 2 nitrogen and oxygen atoms in total. The molecule has 1 atom stereocenters. The Morgan fingerprint density at radius 1 is 1.21 bits per heavy atom. The number of hydrogen-bond donors (Lipinski definition) is 2. The molecule has 1 aromatic rings. The lowest BCUT2D eigenvalue weighted by atomic mass is 10.1. The molecular formula is C9H9Br3O2. The third-order valence-electron chi connectivity index (χ3n) is 1.72. The molecule has 0 aliphatic heterocycles. The summed E-state index contributed by atoms with van der Waals surface area (Å²) in [7, 11) is 0. The Balaban J connectivity index is 3.19. The summed E-state index contributed by atoms with van der Waals surface area (Å²) >= 11 is 9.97. The van der Waals surface area contributed by atoms with Gasteiger partial charge in [0, 0.05) is 8.95 Å². The summed E-state index contributed by atoms with van der Waals surface area (Å²) in [5, 5.41) is 18.8. The molecule has 0 aromatic heterocycles. The van der Waals surface area contributed by atoms with Crippen molar-refractivity contribution in [3.8, 4) is 5.75 Å². The van der Waals surface area contributed by atoms with Crippen LogP contribution in [0.4, 0.5) is 0 Å². The van der Waals surface area contributed by atoms with Crippen molar-refractivity contribution in [1.29, 1.82) is 0 Å². The lowest BCUT2D eigenvalue weighted by Gasteiger charge is -2.11. The van der Waals surface area contributed by atoms with Crippen LogP contribution in [0.2, 0.25) is 0 Å². The third-order valence-corrected chi connectivity index (χ3v) is 5.28. The van der Waals surface area contributed by atoms with Gasteiger partial charge >= 0.3 is 0 Å². The number of rotatable bonds is 2. The molecular weight excluding hydrogens is 380 g/mol. The van der Waals surface area contributed by atoms with Crippen LogP contribution in [0.25, 0.3) is 0 Å². The summed E-state index contributed by atoms with van der Waals surface area (Å²) in [6, 6.07) is 1.63. The first-order chi connectivity index (χ1) is 6.43. The fourth-order valence-corrected chi connectivity index (χ4v) is 2.62. The molecule has 0 amide bonds. The third kappa shape index (κ3) is 2.72. The normalized spacial score (nSPS) is 12.9. The van der Waals surface area contributed by atoms with Gasteiger partial charge in [-0.3, -0.25) is 0 Å². The minimum Gasteiger partial charge on any atom is -0.507 e. The van der Waals surface area contributed by atoms with Crippen molar-refractivity contribution in [3.05, 3.63) is 25.0 Å². The molecule has 1 unspecified atom stereocenters.